The number of nitrogens with zero attached hydrogens (tertiary/aromatic N) is 2. The van der Waals surface area contributed by atoms with Gasteiger partial charge < -0.3 is 9.47 Å². The Kier molecular flexibility index (Phi) is 8.63. The van der Waals surface area contributed by atoms with Gasteiger partial charge in [0.15, 0.2) is 0 Å². The molecule has 182 valence electrons. The van der Waals surface area contributed by atoms with Gasteiger partial charge in [-0.15, -0.1) is 0 Å². The summed E-state index contributed by atoms with van der Waals surface area (Å²) in [6.45, 7) is 5.41. The van der Waals surface area contributed by atoms with E-state index in [0.717, 1.165) is 9.87 Å². The summed E-state index contributed by atoms with van der Waals surface area (Å²) in [5.41, 5.74) is 4.42. The fourth-order valence-electron chi connectivity index (χ4n) is 3.09. The van der Waals surface area contributed by atoms with Crippen LogP contribution in [0.3, 0.4) is 0 Å². The highest BCUT2D eigenvalue weighted by Gasteiger charge is 2.27. The van der Waals surface area contributed by atoms with Gasteiger partial charge in [-0.05, 0) is 61.0 Å². The number of aryl methyl sites for hydroxylation is 1. The van der Waals surface area contributed by atoms with E-state index >= 15 is 0 Å². The van der Waals surface area contributed by atoms with Crippen LogP contribution in [0.5, 0.6) is 11.5 Å². The molecule has 0 aliphatic rings. The van der Waals surface area contributed by atoms with Crippen LogP contribution < -0.4 is 19.2 Å². The first-order valence-corrected chi connectivity index (χ1v) is 12.2. The van der Waals surface area contributed by atoms with Gasteiger partial charge in [0.2, 0.25) is 0 Å². The van der Waals surface area contributed by atoms with Crippen LogP contribution in [0.25, 0.3) is 0 Å². The fourth-order valence-corrected chi connectivity index (χ4v) is 4.51. The third kappa shape index (κ3) is 6.94. The number of ether oxygens (including phenoxy) is 2. The molecule has 35 heavy (non-hydrogen) atoms. The van der Waals surface area contributed by atoms with Crippen LogP contribution in [0, 0.1) is 6.92 Å². The van der Waals surface area contributed by atoms with Crippen molar-refractivity contribution in [2.24, 2.45) is 5.10 Å². The fraction of sp³-hybridized carbons (Fsp3) is 0.154. The van der Waals surface area contributed by atoms with Crippen molar-refractivity contribution in [3.63, 3.8) is 0 Å². The van der Waals surface area contributed by atoms with Gasteiger partial charge in [-0.25, -0.2) is 13.8 Å². The lowest BCUT2D eigenvalue weighted by molar-refractivity contribution is -0.119. The van der Waals surface area contributed by atoms with E-state index in [9.17, 15) is 13.2 Å². The molecule has 0 aliphatic heterocycles. The highest BCUT2D eigenvalue weighted by Crippen LogP contribution is 2.25. The Bertz CT molecular complexity index is 1290. The predicted octanol–water partition coefficient (Wildman–Crippen LogP) is 3.91. The predicted molar refractivity (Wildman–Crippen MR) is 137 cm³/mol. The minimum Gasteiger partial charge on any atom is -0.497 e. The Labute approximate surface area is 205 Å². The molecule has 1 amide bonds. The van der Waals surface area contributed by atoms with Crippen LogP contribution in [-0.2, 0) is 14.8 Å². The highest BCUT2D eigenvalue weighted by molar-refractivity contribution is 7.92. The van der Waals surface area contributed by atoms with E-state index in [2.05, 4.69) is 17.1 Å². The highest BCUT2D eigenvalue weighted by atomic mass is 32.2. The van der Waals surface area contributed by atoms with Crippen molar-refractivity contribution in [1.82, 2.24) is 5.43 Å². The molecule has 3 aromatic rings. The molecule has 1 N–H and O–H groups in total. The first-order chi connectivity index (χ1) is 16.8. The average molecular weight is 494 g/mol. The summed E-state index contributed by atoms with van der Waals surface area (Å²) >= 11 is 0. The molecule has 3 rings (SSSR count). The number of hydrogen-bond acceptors (Lipinski definition) is 6. The number of hydrogen-bond donors (Lipinski definition) is 1. The number of rotatable bonds is 11. The molecular formula is C26H27N3O5S. The zero-order valence-electron chi connectivity index (χ0n) is 19.5. The second-order valence-electron chi connectivity index (χ2n) is 7.49. The molecule has 0 bridgehead atoms. The number of carbonyl (C=O) groups is 1. The molecule has 3 aromatic carbocycles. The molecule has 0 aromatic heterocycles. The molecule has 9 heteroatoms. The first-order valence-electron chi connectivity index (χ1n) is 10.7. The van der Waals surface area contributed by atoms with Crippen molar-refractivity contribution in [3.8, 4) is 11.5 Å². The maximum absolute atomic E-state index is 13.4. The van der Waals surface area contributed by atoms with Gasteiger partial charge in [-0.3, -0.25) is 9.10 Å². The average Bonchev–Trinajstić information content (AvgIpc) is 2.87. The number of carbonyl (C=O) groups excluding carboxylic acids is 1. The number of methoxy groups -OCH3 is 1. The summed E-state index contributed by atoms with van der Waals surface area (Å²) in [5, 5.41) is 3.96. The van der Waals surface area contributed by atoms with Gasteiger partial charge in [-0.1, -0.05) is 42.5 Å². The van der Waals surface area contributed by atoms with Crippen molar-refractivity contribution < 1.29 is 22.7 Å². The van der Waals surface area contributed by atoms with Gasteiger partial charge in [0.25, 0.3) is 15.9 Å². The van der Waals surface area contributed by atoms with Crippen LogP contribution in [0.1, 0.15) is 11.1 Å². The quantitative estimate of drug-likeness (QED) is 0.248. The van der Waals surface area contributed by atoms with Crippen molar-refractivity contribution in [1.29, 1.82) is 0 Å². The third-order valence-corrected chi connectivity index (χ3v) is 6.67. The maximum Gasteiger partial charge on any atom is 0.264 e. The van der Waals surface area contributed by atoms with Crippen molar-refractivity contribution >= 4 is 27.8 Å². The molecule has 0 heterocycles. The molecular weight excluding hydrogens is 466 g/mol. The maximum atomic E-state index is 13.4. The smallest absolute Gasteiger partial charge is 0.264 e. The number of sulfonamides is 1. The lowest BCUT2D eigenvalue weighted by Crippen LogP contribution is -2.39. The van der Waals surface area contributed by atoms with E-state index in [1.54, 1.807) is 66.7 Å². The Morgan fingerprint density at radius 1 is 1.06 bits per heavy atom. The molecule has 8 nitrogen and oxygen atoms in total. The van der Waals surface area contributed by atoms with E-state index in [0.29, 0.717) is 29.4 Å². The van der Waals surface area contributed by atoms with Crippen molar-refractivity contribution in [2.75, 3.05) is 24.6 Å². The van der Waals surface area contributed by atoms with Gasteiger partial charge in [0.1, 0.15) is 24.7 Å². The standard InChI is InChI=1S/C26H27N3O5S/c1-4-16-34-24-7-5-6-21(17-24)18-27-28-26(30)19-29(22-10-8-20(2)9-11-22)35(31,32)25-14-12-23(33-3)13-15-25/h4-15,17-18H,1,16,19H2,2-3H3,(H,28,30)/b27-18-. The minimum absolute atomic E-state index is 0.0338. The molecule has 0 fully saturated rings. The van der Waals surface area contributed by atoms with E-state index < -0.39 is 22.5 Å². The molecule has 0 radical (unpaired) electrons. The summed E-state index contributed by atoms with van der Waals surface area (Å²) < 4.78 is 38.5. The van der Waals surface area contributed by atoms with Crippen LogP contribution in [0.2, 0.25) is 0 Å². The number of amides is 1. The number of nitrogens with one attached hydrogen (secondary N) is 1. The minimum atomic E-state index is -4.04. The van der Waals surface area contributed by atoms with Crippen LogP contribution >= 0.6 is 0 Å². The van der Waals surface area contributed by atoms with E-state index in [4.69, 9.17) is 9.47 Å². The van der Waals surface area contributed by atoms with Crippen LogP contribution in [0.15, 0.2) is 95.4 Å². The Morgan fingerprint density at radius 3 is 2.43 bits per heavy atom. The first kappa shape index (κ1) is 25.5. The number of benzene rings is 3. The third-order valence-electron chi connectivity index (χ3n) is 4.89. The Balaban J connectivity index is 1.78. The zero-order chi connectivity index (χ0) is 25.3. The summed E-state index contributed by atoms with van der Waals surface area (Å²) in [6.07, 6.45) is 3.09. The number of anilines is 1. The normalized spacial score (nSPS) is 11.1. The van der Waals surface area contributed by atoms with E-state index in [1.165, 1.54) is 25.5 Å². The van der Waals surface area contributed by atoms with E-state index in [-0.39, 0.29) is 4.90 Å². The van der Waals surface area contributed by atoms with Crippen molar-refractivity contribution in [3.05, 3.63) is 96.6 Å². The second-order valence-corrected chi connectivity index (χ2v) is 9.35. The number of hydrazone groups is 1. The molecule has 0 atom stereocenters. The SMILES string of the molecule is C=CCOc1cccc(/C=N\NC(=O)CN(c2ccc(C)cc2)S(=O)(=O)c2ccc(OC)cc2)c1. The second kappa shape index (κ2) is 11.8. The van der Waals surface area contributed by atoms with Crippen molar-refractivity contribution in [2.45, 2.75) is 11.8 Å². The Hall–Kier alpha value is -4.11. The van der Waals surface area contributed by atoms with Crippen LogP contribution in [-0.4, -0.2) is 40.8 Å². The van der Waals surface area contributed by atoms with Gasteiger partial charge in [0.05, 0.1) is 23.9 Å². The summed E-state index contributed by atoms with van der Waals surface area (Å²) in [7, 11) is -2.54. The molecule has 0 aliphatic carbocycles. The van der Waals surface area contributed by atoms with Gasteiger partial charge >= 0.3 is 0 Å². The molecule has 0 spiro atoms. The lowest BCUT2D eigenvalue weighted by Gasteiger charge is -2.24. The zero-order valence-corrected chi connectivity index (χ0v) is 20.4. The van der Waals surface area contributed by atoms with Gasteiger partial charge in [0, 0.05) is 0 Å². The largest absolute Gasteiger partial charge is 0.497 e. The van der Waals surface area contributed by atoms with Crippen LogP contribution in [0.4, 0.5) is 5.69 Å². The summed E-state index contributed by atoms with van der Waals surface area (Å²) in [6, 6.07) is 20.0. The monoisotopic (exact) mass is 493 g/mol. The molecule has 0 saturated heterocycles. The molecule has 0 unspecified atom stereocenters. The molecule has 0 saturated carbocycles. The van der Waals surface area contributed by atoms with Gasteiger partial charge in [-0.2, -0.15) is 5.10 Å². The van der Waals surface area contributed by atoms with E-state index in [1.807, 2.05) is 6.92 Å². The Morgan fingerprint density at radius 2 is 1.77 bits per heavy atom. The summed E-state index contributed by atoms with van der Waals surface area (Å²) in [4.78, 5) is 12.7. The lowest BCUT2D eigenvalue weighted by atomic mass is 10.2. The topological polar surface area (TPSA) is 97.3 Å². The summed E-state index contributed by atoms with van der Waals surface area (Å²) in [5.74, 6) is 0.561.